The first-order chi connectivity index (χ1) is 11.8. The van der Waals surface area contributed by atoms with Crippen LogP contribution in [0.2, 0.25) is 0 Å². The van der Waals surface area contributed by atoms with Crippen LogP contribution in [0.25, 0.3) is 11.3 Å². The van der Waals surface area contributed by atoms with Crippen LogP contribution in [0.3, 0.4) is 0 Å². The van der Waals surface area contributed by atoms with Gasteiger partial charge in [0.05, 0.1) is 10.6 Å². The molecule has 0 aliphatic carbocycles. The third-order valence-corrected chi connectivity index (χ3v) is 5.60. The molecule has 1 heterocycles. The molecule has 2 N–H and O–H groups in total. The van der Waals surface area contributed by atoms with Crippen LogP contribution in [-0.2, 0) is 10.0 Å². The Morgan fingerprint density at radius 2 is 1.76 bits per heavy atom. The number of halogens is 1. The second kappa shape index (κ2) is 6.81. The van der Waals surface area contributed by atoms with Crippen molar-refractivity contribution in [1.82, 2.24) is 10.2 Å². The molecule has 0 bridgehead atoms. The fraction of sp³-hybridized carbons (Fsp3) is 0.0588. The van der Waals surface area contributed by atoms with Crippen LogP contribution in [0.15, 0.2) is 68.8 Å². The van der Waals surface area contributed by atoms with E-state index in [0.29, 0.717) is 22.5 Å². The Kier molecular flexibility index (Phi) is 4.73. The van der Waals surface area contributed by atoms with Gasteiger partial charge in [-0.05, 0) is 48.9 Å². The fourth-order valence-corrected chi connectivity index (χ4v) is 3.88. The van der Waals surface area contributed by atoms with Crippen molar-refractivity contribution >= 4 is 31.6 Å². The predicted octanol–water partition coefficient (Wildman–Crippen LogP) is 3.31. The van der Waals surface area contributed by atoms with Crippen LogP contribution < -0.4 is 10.3 Å². The molecular formula is C17H14BrN3O3S. The molecule has 0 amide bonds. The minimum Gasteiger partial charge on any atom is -0.280 e. The second-order valence-corrected chi connectivity index (χ2v) is 7.97. The fourth-order valence-electron chi connectivity index (χ4n) is 2.28. The molecule has 0 saturated heterocycles. The van der Waals surface area contributed by atoms with Gasteiger partial charge >= 0.3 is 0 Å². The number of H-pyrrole nitrogens is 1. The van der Waals surface area contributed by atoms with Gasteiger partial charge in [-0.3, -0.25) is 9.52 Å². The van der Waals surface area contributed by atoms with Crippen molar-refractivity contribution in [1.29, 1.82) is 0 Å². The van der Waals surface area contributed by atoms with Crippen LogP contribution in [0, 0.1) is 6.92 Å². The lowest BCUT2D eigenvalue weighted by Gasteiger charge is -2.12. The molecule has 3 aromatic rings. The van der Waals surface area contributed by atoms with E-state index in [-0.39, 0.29) is 10.5 Å². The van der Waals surface area contributed by atoms with Crippen LogP contribution in [-0.4, -0.2) is 18.6 Å². The molecule has 0 aliphatic rings. The summed E-state index contributed by atoms with van der Waals surface area (Å²) < 4.78 is 28.9. The number of aryl methyl sites for hydroxylation is 1. The minimum atomic E-state index is -3.76. The smallest absolute Gasteiger partial charge is 0.264 e. The maximum atomic E-state index is 12.7. The van der Waals surface area contributed by atoms with Crippen molar-refractivity contribution in [3.8, 4) is 11.3 Å². The molecule has 0 saturated carbocycles. The SMILES string of the molecule is Cc1ccc(-c2ccc(=O)[nH]n2)cc1S(=O)(=O)Nc1ccc(Br)cc1. The van der Waals surface area contributed by atoms with E-state index in [1.165, 1.54) is 12.1 Å². The zero-order chi connectivity index (χ0) is 18.0. The maximum absolute atomic E-state index is 12.7. The molecule has 0 spiro atoms. The minimum absolute atomic E-state index is 0.154. The maximum Gasteiger partial charge on any atom is 0.264 e. The quantitative estimate of drug-likeness (QED) is 0.678. The van der Waals surface area contributed by atoms with Gasteiger partial charge in [-0.15, -0.1) is 0 Å². The summed E-state index contributed by atoms with van der Waals surface area (Å²) in [5.74, 6) is 0. The number of sulfonamides is 1. The van der Waals surface area contributed by atoms with Crippen molar-refractivity contribution in [2.45, 2.75) is 11.8 Å². The van der Waals surface area contributed by atoms with Crippen LogP contribution >= 0.6 is 15.9 Å². The summed E-state index contributed by atoms with van der Waals surface area (Å²) in [6.07, 6.45) is 0. The normalized spacial score (nSPS) is 11.3. The summed E-state index contributed by atoms with van der Waals surface area (Å²) >= 11 is 3.31. The van der Waals surface area contributed by atoms with Crippen molar-refractivity contribution in [2.24, 2.45) is 0 Å². The molecule has 6 nitrogen and oxygen atoms in total. The van der Waals surface area contributed by atoms with Gasteiger partial charge in [-0.1, -0.05) is 28.1 Å². The second-order valence-electron chi connectivity index (χ2n) is 5.40. The number of rotatable bonds is 4. The summed E-state index contributed by atoms with van der Waals surface area (Å²) in [5, 5.41) is 6.28. The number of aromatic amines is 1. The van der Waals surface area contributed by atoms with E-state index in [9.17, 15) is 13.2 Å². The highest BCUT2D eigenvalue weighted by molar-refractivity contribution is 9.10. The van der Waals surface area contributed by atoms with E-state index >= 15 is 0 Å². The molecule has 0 atom stereocenters. The number of anilines is 1. The third kappa shape index (κ3) is 3.97. The summed E-state index contributed by atoms with van der Waals surface area (Å²) in [7, 11) is -3.76. The molecule has 0 unspecified atom stereocenters. The Bertz CT molecular complexity index is 1060. The summed E-state index contributed by atoms with van der Waals surface area (Å²) in [5.41, 5.74) is 1.84. The van der Waals surface area contributed by atoms with Crippen molar-refractivity contribution in [2.75, 3.05) is 4.72 Å². The van der Waals surface area contributed by atoms with E-state index in [0.717, 1.165) is 4.47 Å². The Hall–Kier alpha value is -2.45. The average Bonchev–Trinajstić information content (AvgIpc) is 2.58. The Balaban J connectivity index is 2.00. The molecule has 1 aromatic heterocycles. The lowest BCUT2D eigenvalue weighted by atomic mass is 10.1. The lowest BCUT2D eigenvalue weighted by molar-refractivity contribution is 0.600. The van der Waals surface area contributed by atoms with Crippen molar-refractivity contribution in [3.63, 3.8) is 0 Å². The van der Waals surface area contributed by atoms with E-state index in [1.807, 2.05) is 0 Å². The predicted molar refractivity (Wildman–Crippen MR) is 100.0 cm³/mol. The zero-order valence-corrected chi connectivity index (χ0v) is 15.6. The molecular weight excluding hydrogens is 406 g/mol. The lowest BCUT2D eigenvalue weighted by Crippen LogP contribution is -2.14. The molecule has 0 aliphatic heterocycles. The Labute approximate surface area is 153 Å². The highest BCUT2D eigenvalue weighted by Crippen LogP contribution is 2.25. The van der Waals surface area contributed by atoms with Crippen molar-refractivity contribution in [3.05, 3.63) is 75.0 Å². The number of aromatic nitrogens is 2. The molecule has 128 valence electrons. The highest BCUT2D eigenvalue weighted by Gasteiger charge is 2.18. The van der Waals surface area contributed by atoms with Gasteiger partial charge in [0.25, 0.3) is 15.6 Å². The summed E-state index contributed by atoms with van der Waals surface area (Å²) in [6.45, 7) is 1.72. The molecule has 3 rings (SSSR count). The van der Waals surface area contributed by atoms with Gasteiger partial charge in [0.15, 0.2) is 0 Å². The number of hydrogen-bond acceptors (Lipinski definition) is 4. The van der Waals surface area contributed by atoms with Gasteiger partial charge in [0.1, 0.15) is 0 Å². The Morgan fingerprint density at radius 3 is 2.40 bits per heavy atom. The van der Waals surface area contributed by atoms with Gasteiger partial charge in [-0.2, -0.15) is 5.10 Å². The van der Waals surface area contributed by atoms with Gasteiger partial charge in [-0.25, -0.2) is 13.5 Å². The number of benzene rings is 2. The van der Waals surface area contributed by atoms with E-state index in [4.69, 9.17) is 0 Å². The van der Waals surface area contributed by atoms with Gasteiger partial charge < -0.3 is 0 Å². The molecule has 2 aromatic carbocycles. The summed E-state index contributed by atoms with van der Waals surface area (Å²) in [4.78, 5) is 11.3. The van der Waals surface area contributed by atoms with E-state index in [1.54, 1.807) is 49.4 Å². The largest absolute Gasteiger partial charge is 0.280 e. The van der Waals surface area contributed by atoms with Gasteiger partial charge in [0.2, 0.25) is 0 Å². The molecule has 0 radical (unpaired) electrons. The van der Waals surface area contributed by atoms with Gasteiger partial charge in [0, 0.05) is 21.8 Å². The molecule has 0 fully saturated rings. The van der Waals surface area contributed by atoms with Crippen molar-refractivity contribution < 1.29 is 8.42 Å². The highest BCUT2D eigenvalue weighted by atomic mass is 79.9. The number of nitrogens with zero attached hydrogens (tertiary/aromatic N) is 1. The summed E-state index contributed by atoms with van der Waals surface area (Å²) in [6, 6.07) is 14.7. The molecule has 8 heteroatoms. The number of hydrogen-bond donors (Lipinski definition) is 2. The van der Waals surface area contributed by atoms with E-state index in [2.05, 4.69) is 30.8 Å². The zero-order valence-electron chi connectivity index (χ0n) is 13.2. The van der Waals surface area contributed by atoms with E-state index < -0.39 is 10.0 Å². The third-order valence-electron chi connectivity index (χ3n) is 3.55. The average molecular weight is 420 g/mol. The van der Waals surface area contributed by atoms with Crippen LogP contribution in [0.4, 0.5) is 5.69 Å². The first-order valence-corrected chi connectivity index (χ1v) is 9.58. The van der Waals surface area contributed by atoms with Crippen LogP contribution in [0.5, 0.6) is 0 Å². The molecule has 25 heavy (non-hydrogen) atoms. The number of nitrogens with one attached hydrogen (secondary N) is 2. The monoisotopic (exact) mass is 419 g/mol. The topological polar surface area (TPSA) is 91.9 Å². The first kappa shape index (κ1) is 17.4. The van der Waals surface area contributed by atoms with Crippen LogP contribution in [0.1, 0.15) is 5.56 Å². The Morgan fingerprint density at radius 1 is 1.04 bits per heavy atom. The first-order valence-electron chi connectivity index (χ1n) is 7.30. The standard InChI is InChI=1S/C17H14BrN3O3S/c1-11-2-3-12(15-8-9-17(22)20-19-15)10-16(11)25(23,24)21-14-6-4-13(18)5-7-14/h2-10,21H,1H3,(H,20,22).